The molecule has 1 aliphatic carbocycles. The maximum atomic E-state index is 16.0. The van der Waals surface area contributed by atoms with Gasteiger partial charge in [-0.2, -0.15) is 0 Å². The van der Waals surface area contributed by atoms with E-state index in [1.807, 2.05) is 54.6 Å². The maximum Gasteiger partial charge on any atom is 0.157 e. The molecule has 34 heavy (non-hydrogen) atoms. The van der Waals surface area contributed by atoms with Gasteiger partial charge in [-0.1, -0.05) is 48.5 Å². The maximum absolute atomic E-state index is 16.0. The van der Waals surface area contributed by atoms with Crippen LogP contribution in [0.1, 0.15) is 18.9 Å². The van der Waals surface area contributed by atoms with E-state index in [9.17, 15) is 0 Å². The molecule has 0 saturated heterocycles. The van der Waals surface area contributed by atoms with Crippen LogP contribution in [0.15, 0.2) is 73.3 Å². The summed E-state index contributed by atoms with van der Waals surface area (Å²) in [6, 6.07) is 17.9. The van der Waals surface area contributed by atoms with Crippen LogP contribution >= 0.6 is 0 Å². The molecule has 0 amide bonds. The monoisotopic (exact) mass is 451 g/mol. The van der Waals surface area contributed by atoms with Crippen molar-refractivity contribution in [3.05, 3.63) is 79.1 Å². The molecule has 6 rings (SSSR count). The van der Waals surface area contributed by atoms with Crippen molar-refractivity contribution in [1.29, 1.82) is 0 Å². The van der Waals surface area contributed by atoms with E-state index in [2.05, 4.69) is 39.7 Å². The molecule has 0 radical (unpaired) electrons. The Labute approximate surface area is 197 Å². The Morgan fingerprint density at radius 1 is 1.00 bits per heavy atom. The number of hydrogen-bond donors (Lipinski definition) is 0. The van der Waals surface area contributed by atoms with Crippen molar-refractivity contribution in [2.45, 2.75) is 18.9 Å². The van der Waals surface area contributed by atoms with Crippen LogP contribution in [-0.4, -0.2) is 45.1 Å². The average Bonchev–Trinajstić information content (AvgIpc) is 3.21. The Hall–Kier alpha value is -3.64. The van der Waals surface area contributed by atoms with Crippen LogP contribution in [0.2, 0.25) is 0 Å². The third kappa shape index (κ3) is 3.55. The zero-order valence-electron chi connectivity index (χ0n) is 19.3. The standard InChI is InChI=1S/C28H26FN5/c1-33(2)15-18-12-21(13-18)34-16-24(23-14-30-17-31-28(23)34)22-10-8-20-9-11-25(32-27(20)26(22)29)19-6-4-3-5-7-19/h3-11,14,16-18,21H,12-13,15H2,1-2H3. The fraction of sp³-hybridized carbons (Fsp3) is 0.250. The summed E-state index contributed by atoms with van der Waals surface area (Å²) >= 11 is 0. The van der Waals surface area contributed by atoms with Crippen LogP contribution < -0.4 is 0 Å². The first-order valence-electron chi connectivity index (χ1n) is 11.7. The highest BCUT2D eigenvalue weighted by atomic mass is 19.1. The first-order chi connectivity index (χ1) is 16.6. The molecule has 5 aromatic rings. The lowest BCUT2D eigenvalue weighted by atomic mass is 9.80. The minimum Gasteiger partial charge on any atom is -0.329 e. The van der Waals surface area contributed by atoms with Gasteiger partial charge >= 0.3 is 0 Å². The highest BCUT2D eigenvalue weighted by Crippen LogP contribution is 2.42. The van der Waals surface area contributed by atoms with Crippen LogP contribution in [0.4, 0.5) is 4.39 Å². The molecule has 1 fully saturated rings. The number of fused-ring (bicyclic) bond motifs is 2. The van der Waals surface area contributed by atoms with Crippen molar-refractivity contribution >= 4 is 21.9 Å². The first-order valence-corrected chi connectivity index (χ1v) is 11.7. The Balaban J connectivity index is 1.44. The van der Waals surface area contributed by atoms with Crippen molar-refractivity contribution in [2.75, 3.05) is 20.6 Å². The second-order valence-electron chi connectivity index (χ2n) is 9.52. The van der Waals surface area contributed by atoms with Gasteiger partial charge in [0.25, 0.3) is 0 Å². The quantitative estimate of drug-likeness (QED) is 0.331. The molecule has 0 spiro atoms. The van der Waals surface area contributed by atoms with Crippen molar-refractivity contribution in [3.8, 4) is 22.4 Å². The normalized spacial score (nSPS) is 18.0. The third-order valence-corrected chi connectivity index (χ3v) is 6.88. The largest absolute Gasteiger partial charge is 0.329 e. The number of hydrogen-bond acceptors (Lipinski definition) is 4. The molecule has 0 aliphatic heterocycles. The molecule has 6 heteroatoms. The van der Waals surface area contributed by atoms with Crippen LogP contribution in [-0.2, 0) is 0 Å². The van der Waals surface area contributed by atoms with Gasteiger partial charge in [0.2, 0.25) is 0 Å². The molecule has 2 aromatic carbocycles. The second kappa shape index (κ2) is 8.29. The summed E-state index contributed by atoms with van der Waals surface area (Å²) in [6.07, 6.45) is 7.63. The van der Waals surface area contributed by atoms with Gasteiger partial charge in [0, 0.05) is 52.4 Å². The van der Waals surface area contributed by atoms with E-state index >= 15 is 4.39 Å². The summed E-state index contributed by atoms with van der Waals surface area (Å²) in [5.41, 5.74) is 4.33. The SMILES string of the molecule is CN(C)CC1CC(n2cc(-c3ccc4ccc(-c5ccccc5)nc4c3F)c3cncnc32)C1. The first kappa shape index (κ1) is 20.9. The summed E-state index contributed by atoms with van der Waals surface area (Å²) in [5, 5.41) is 1.66. The fourth-order valence-electron chi connectivity index (χ4n) is 5.21. The summed E-state index contributed by atoms with van der Waals surface area (Å²) < 4.78 is 18.2. The average molecular weight is 452 g/mol. The zero-order valence-corrected chi connectivity index (χ0v) is 19.3. The molecular formula is C28H26FN5. The molecule has 0 unspecified atom stereocenters. The van der Waals surface area contributed by atoms with Gasteiger partial charge in [-0.25, -0.2) is 19.3 Å². The van der Waals surface area contributed by atoms with E-state index in [4.69, 9.17) is 4.98 Å². The van der Waals surface area contributed by atoms with Gasteiger partial charge in [0.15, 0.2) is 5.82 Å². The van der Waals surface area contributed by atoms with Crippen LogP contribution in [0, 0.1) is 11.7 Å². The number of pyridine rings is 1. The molecule has 0 atom stereocenters. The van der Waals surface area contributed by atoms with E-state index < -0.39 is 0 Å². The molecule has 0 N–H and O–H groups in total. The molecule has 1 aliphatic rings. The van der Waals surface area contributed by atoms with Crippen LogP contribution in [0.3, 0.4) is 0 Å². The Morgan fingerprint density at radius 2 is 1.79 bits per heavy atom. The Morgan fingerprint density at radius 3 is 2.59 bits per heavy atom. The van der Waals surface area contributed by atoms with Crippen LogP contribution in [0.5, 0.6) is 0 Å². The van der Waals surface area contributed by atoms with Gasteiger partial charge in [0.05, 0.1) is 5.69 Å². The highest BCUT2D eigenvalue weighted by molar-refractivity contribution is 5.97. The number of aromatic nitrogens is 4. The van der Waals surface area contributed by atoms with Crippen molar-refractivity contribution < 1.29 is 4.39 Å². The van der Waals surface area contributed by atoms with Crippen LogP contribution in [0.25, 0.3) is 44.3 Å². The summed E-state index contributed by atoms with van der Waals surface area (Å²) in [6.45, 7) is 1.09. The Bertz CT molecular complexity index is 1490. The van der Waals surface area contributed by atoms with E-state index in [0.717, 1.165) is 52.6 Å². The van der Waals surface area contributed by atoms with Crippen molar-refractivity contribution in [2.24, 2.45) is 5.92 Å². The Kier molecular flexibility index (Phi) is 5.11. The number of rotatable bonds is 5. The van der Waals surface area contributed by atoms with Crippen molar-refractivity contribution in [1.82, 2.24) is 24.4 Å². The molecule has 5 nitrogen and oxygen atoms in total. The van der Waals surface area contributed by atoms with Gasteiger partial charge < -0.3 is 9.47 Å². The lowest BCUT2D eigenvalue weighted by Crippen LogP contribution is -2.33. The number of halogens is 1. The van der Waals surface area contributed by atoms with Crippen molar-refractivity contribution in [3.63, 3.8) is 0 Å². The second-order valence-corrected chi connectivity index (χ2v) is 9.52. The molecule has 0 bridgehead atoms. The van der Waals surface area contributed by atoms with Gasteiger partial charge in [-0.3, -0.25) is 0 Å². The predicted molar refractivity (Wildman–Crippen MR) is 134 cm³/mol. The van der Waals surface area contributed by atoms with E-state index in [1.165, 1.54) is 0 Å². The molecule has 170 valence electrons. The minimum absolute atomic E-state index is 0.308. The number of nitrogens with zero attached hydrogens (tertiary/aromatic N) is 5. The highest BCUT2D eigenvalue weighted by Gasteiger charge is 2.32. The fourth-order valence-corrected chi connectivity index (χ4v) is 5.21. The molecule has 3 heterocycles. The van der Waals surface area contributed by atoms with E-state index in [1.54, 1.807) is 12.5 Å². The third-order valence-electron chi connectivity index (χ3n) is 6.88. The van der Waals surface area contributed by atoms with Gasteiger partial charge in [-0.05, 0) is 38.9 Å². The number of benzene rings is 2. The molecule has 1 saturated carbocycles. The summed E-state index contributed by atoms with van der Waals surface area (Å²) in [5.74, 6) is 0.373. The minimum atomic E-state index is -0.308. The molecule has 3 aromatic heterocycles. The van der Waals surface area contributed by atoms with E-state index in [-0.39, 0.29) is 5.82 Å². The summed E-state index contributed by atoms with van der Waals surface area (Å²) in [7, 11) is 4.23. The van der Waals surface area contributed by atoms with Gasteiger partial charge in [-0.15, -0.1) is 0 Å². The zero-order chi connectivity index (χ0) is 23.2. The van der Waals surface area contributed by atoms with Gasteiger partial charge in [0.1, 0.15) is 17.5 Å². The summed E-state index contributed by atoms with van der Waals surface area (Å²) in [4.78, 5) is 15.8. The topological polar surface area (TPSA) is 46.8 Å². The molecular weight excluding hydrogens is 425 g/mol. The predicted octanol–water partition coefficient (Wildman–Crippen LogP) is 5.97. The lowest BCUT2D eigenvalue weighted by Gasteiger charge is -2.38. The van der Waals surface area contributed by atoms with E-state index in [0.29, 0.717) is 23.0 Å². The lowest BCUT2D eigenvalue weighted by molar-refractivity contribution is 0.159. The smallest absolute Gasteiger partial charge is 0.157 e.